The van der Waals surface area contributed by atoms with Crippen molar-refractivity contribution in [2.24, 2.45) is 0 Å². The van der Waals surface area contributed by atoms with Gasteiger partial charge in [0.1, 0.15) is 0 Å². The molecule has 2 nitrogen and oxygen atoms in total. The van der Waals surface area contributed by atoms with Crippen LogP contribution in [0.1, 0.15) is 13.8 Å². The quantitative estimate of drug-likeness (QED) is 0.553. The van der Waals surface area contributed by atoms with E-state index < -0.39 is 0 Å². The highest BCUT2D eigenvalue weighted by Crippen LogP contribution is 2.28. The molecular weight excluding hydrogens is 192 g/mol. The maximum atomic E-state index is 3.69. The van der Waals surface area contributed by atoms with Crippen LogP contribution in [0.4, 0.5) is 0 Å². The molecule has 0 aromatic heterocycles. The van der Waals surface area contributed by atoms with Crippen LogP contribution in [0.3, 0.4) is 0 Å². The van der Waals surface area contributed by atoms with E-state index in [1.54, 1.807) is 0 Å². The maximum absolute atomic E-state index is 3.69. The van der Waals surface area contributed by atoms with E-state index in [0.29, 0.717) is 4.75 Å². The van der Waals surface area contributed by atoms with Crippen molar-refractivity contribution in [2.45, 2.75) is 18.6 Å². The van der Waals surface area contributed by atoms with Crippen LogP contribution < -0.4 is 5.32 Å². The zero-order chi connectivity index (χ0) is 10.4. The van der Waals surface area contributed by atoms with E-state index in [1.165, 1.54) is 18.8 Å². The van der Waals surface area contributed by atoms with Gasteiger partial charge in [-0.25, -0.2) is 0 Å². The fourth-order valence-electron chi connectivity index (χ4n) is 1.75. The predicted molar refractivity (Wildman–Crippen MR) is 66.0 cm³/mol. The molecule has 0 saturated carbocycles. The molecule has 1 rings (SSSR count). The van der Waals surface area contributed by atoms with Gasteiger partial charge in [0.15, 0.2) is 0 Å². The first-order valence-corrected chi connectivity index (χ1v) is 6.30. The Morgan fingerprint density at radius 2 is 2.36 bits per heavy atom. The molecule has 82 valence electrons. The first-order chi connectivity index (χ1) is 6.64. The molecule has 0 aromatic carbocycles. The first kappa shape index (κ1) is 12.1. The zero-order valence-corrected chi connectivity index (χ0v) is 10.2. The normalized spacial score (nSPS) is 22.1. The van der Waals surface area contributed by atoms with Gasteiger partial charge in [-0.2, -0.15) is 11.8 Å². The summed E-state index contributed by atoms with van der Waals surface area (Å²) in [4.78, 5) is 2.55. The van der Waals surface area contributed by atoms with Gasteiger partial charge in [-0.05, 0) is 13.8 Å². The lowest BCUT2D eigenvalue weighted by Gasteiger charge is -2.37. The van der Waals surface area contributed by atoms with Gasteiger partial charge in [-0.3, -0.25) is 4.90 Å². The van der Waals surface area contributed by atoms with Crippen molar-refractivity contribution in [1.82, 2.24) is 10.2 Å². The minimum Gasteiger partial charge on any atom is -0.312 e. The molecule has 0 bridgehead atoms. The van der Waals surface area contributed by atoms with Crippen molar-refractivity contribution in [3.05, 3.63) is 12.7 Å². The van der Waals surface area contributed by atoms with Crippen molar-refractivity contribution in [2.75, 3.05) is 38.5 Å². The molecule has 1 fully saturated rings. The summed E-state index contributed by atoms with van der Waals surface area (Å²) in [5, 5.41) is 3.34. The Bertz CT molecular complexity index is 180. The molecule has 1 aliphatic rings. The number of rotatable bonds is 5. The van der Waals surface area contributed by atoms with Gasteiger partial charge in [-0.1, -0.05) is 6.08 Å². The number of thioether (sulfide) groups is 1. The summed E-state index contributed by atoms with van der Waals surface area (Å²) in [7, 11) is 0. The Balaban J connectivity index is 2.14. The SMILES string of the molecule is C=CCNCCN1CCSC(C)(C)C1. The van der Waals surface area contributed by atoms with Gasteiger partial charge in [0.2, 0.25) is 0 Å². The monoisotopic (exact) mass is 214 g/mol. The second-order valence-corrected chi connectivity index (χ2v) is 6.18. The van der Waals surface area contributed by atoms with E-state index in [-0.39, 0.29) is 0 Å². The average molecular weight is 214 g/mol. The summed E-state index contributed by atoms with van der Waals surface area (Å²) >= 11 is 2.09. The van der Waals surface area contributed by atoms with Crippen LogP contribution >= 0.6 is 11.8 Å². The van der Waals surface area contributed by atoms with Gasteiger partial charge in [0.25, 0.3) is 0 Å². The molecule has 3 heteroatoms. The first-order valence-electron chi connectivity index (χ1n) is 5.32. The summed E-state index contributed by atoms with van der Waals surface area (Å²) in [6.45, 7) is 14.0. The third-order valence-corrected chi connectivity index (χ3v) is 3.70. The second kappa shape index (κ2) is 5.79. The van der Waals surface area contributed by atoms with Crippen molar-refractivity contribution in [1.29, 1.82) is 0 Å². The highest BCUT2D eigenvalue weighted by atomic mass is 32.2. The molecule has 0 unspecified atom stereocenters. The molecule has 0 spiro atoms. The van der Waals surface area contributed by atoms with Crippen LogP contribution in [0.15, 0.2) is 12.7 Å². The minimum absolute atomic E-state index is 0.441. The van der Waals surface area contributed by atoms with E-state index in [9.17, 15) is 0 Å². The number of hydrogen-bond acceptors (Lipinski definition) is 3. The lowest BCUT2D eigenvalue weighted by molar-refractivity contribution is 0.261. The predicted octanol–water partition coefficient (Wildman–Crippen LogP) is 1.59. The molecule has 1 aliphatic heterocycles. The van der Waals surface area contributed by atoms with Gasteiger partial charge < -0.3 is 5.32 Å². The van der Waals surface area contributed by atoms with Gasteiger partial charge >= 0.3 is 0 Å². The molecule has 0 radical (unpaired) electrons. The van der Waals surface area contributed by atoms with Gasteiger partial charge in [0, 0.05) is 43.2 Å². The smallest absolute Gasteiger partial charge is 0.0231 e. The van der Waals surface area contributed by atoms with Crippen LogP contribution in [0.5, 0.6) is 0 Å². The Labute approximate surface area is 92.1 Å². The molecule has 1 saturated heterocycles. The molecular formula is C11H22N2S. The summed E-state index contributed by atoms with van der Waals surface area (Å²) in [5.74, 6) is 1.27. The van der Waals surface area contributed by atoms with E-state index in [1.807, 2.05) is 6.08 Å². The highest BCUT2D eigenvalue weighted by Gasteiger charge is 2.26. The Morgan fingerprint density at radius 3 is 3.00 bits per heavy atom. The van der Waals surface area contributed by atoms with Crippen molar-refractivity contribution in [3.8, 4) is 0 Å². The third kappa shape index (κ3) is 4.49. The van der Waals surface area contributed by atoms with E-state index >= 15 is 0 Å². The summed E-state index contributed by atoms with van der Waals surface area (Å²) in [6.07, 6.45) is 1.91. The Kier molecular flexibility index (Phi) is 4.99. The van der Waals surface area contributed by atoms with Crippen LogP contribution in [-0.4, -0.2) is 48.1 Å². The number of hydrogen-bond donors (Lipinski definition) is 1. The standard InChI is InChI=1S/C11H22N2S/c1-4-5-12-6-7-13-8-9-14-11(2,3)10-13/h4,12H,1,5-10H2,2-3H3. The largest absolute Gasteiger partial charge is 0.312 e. The van der Waals surface area contributed by atoms with Crippen LogP contribution in [0, 0.1) is 0 Å². The van der Waals surface area contributed by atoms with E-state index in [2.05, 4.69) is 42.4 Å². The molecule has 1 heterocycles. The maximum Gasteiger partial charge on any atom is 0.0231 e. The van der Waals surface area contributed by atoms with Gasteiger partial charge in [0.05, 0.1) is 0 Å². The van der Waals surface area contributed by atoms with Crippen molar-refractivity contribution in [3.63, 3.8) is 0 Å². The fourth-order valence-corrected chi connectivity index (χ4v) is 2.92. The third-order valence-electron chi connectivity index (χ3n) is 2.40. The van der Waals surface area contributed by atoms with Crippen molar-refractivity contribution < 1.29 is 0 Å². The molecule has 1 N–H and O–H groups in total. The highest BCUT2D eigenvalue weighted by molar-refractivity contribution is 8.00. The van der Waals surface area contributed by atoms with Crippen LogP contribution in [0.2, 0.25) is 0 Å². The van der Waals surface area contributed by atoms with Gasteiger partial charge in [-0.15, -0.1) is 6.58 Å². The summed E-state index contributed by atoms with van der Waals surface area (Å²) < 4.78 is 0.441. The zero-order valence-electron chi connectivity index (χ0n) is 9.38. The lowest BCUT2D eigenvalue weighted by atomic mass is 10.2. The molecule has 0 atom stereocenters. The van der Waals surface area contributed by atoms with Crippen LogP contribution in [-0.2, 0) is 0 Å². The second-order valence-electron chi connectivity index (χ2n) is 4.38. The lowest BCUT2D eigenvalue weighted by Crippen LogP contribution is -2.45. The van der Waals surface area contributed by atoms with E-state index in [4.69, 9.17) is 0 Å². The molecule has 14 heavy (non-hydrogen) atoms. The van der Waals surface area contributed by atoms with E-state index in [0.717, 1.165) is 19.6 Å². The number of nitrogens with zero attached hydrogens (tertiary/aromatic N) is 1. The fraction of sp³-hybridized carbons (Fsp3) is 0.818. The van der Waals surface area contributed by atoms with Crippen molar-refractivity contribution >= 4 is 11.8 Å². The summed E-state index contributed by atoms with van der Waals surface area (Å²) in [5.41, 5.74) is 0. The van der Waals surface area contributed by atoms with Crippen LogP contribution in [0.25, 0.3) is 0 Å². The molecule has 0 aromatic rings. The Hall–Kier alpha value is 0.0100. The topological polar surface area (TPSA) is 15.3 Å². The average Bonchev–Trinajstić information content (AvgIpc) is 2.11. The minimum atomic E-state index is 0.441. The molecule has 0 amide bonds. The Morgan fingerprint density at radius 1 is 1.57 bits per heavy atom. The molecule has 0 aliphatic carbocycles. The summed E-state index contributed by atoms with van der Waals surface area (Å²) in [6, 6.07) is 0. The number of nitrogens with one attached hydrogen (secondary N) is 1.